The third-order valence-corrected chi connectivity index (χ3v) is 6.22. The van der Waals surface area contributed by atoms with Crippen molar-refractivity contribution in [3.8, 4) is 0 Å². The van der Waals surface area contributed by atoms with Crippen LogP contribution in [0.3, 0.4) is 0 Å². The lowest BCUT2D eigenvalue weighted by Crippen LogP contribution is -2.55. The number of thiocarbonyl (C=S) groups is 1. The molecule has 0 saturated carbocycles. The first kappa shape index (κ1) is 23.0. The smallest absolute Gasteiger partial charge is 0.319 e. The van der Waals surface area contributed by atoms with E-state index in [1.54, 1.807) is 37.7 Å². The molecule has 7 nitrogen and oxygen atoms in total. The first-order chi connectivity index (χ1) is 12.0. The molecule has 0 aliphatic carbocycles. The van der Waals surface area contributed by atoms with Gasteiger partial charge in [-0.15, -0.1) is 0 Å². The van der Waals surface area contributed by atoms with Gasteiger partial charge in [0.05, 0.1) is 0 Å². The minimum Gasteiger partial charge on any atom is -0.355 e. The van der Waals surface area contributed by atoms with Crippen molar-refractivity contribution >= 4 is 57.1 Å². The third kappa shape index (κ3) is 7.32. The first-order valence-corrected chi connectivity index (χ1v) is 10.4. The summed E-state index contributed by atoms with van der Waals surface area (Å²) in [6.07, 6.45) is 0. The van der Waals surface area contributed by atoms with Crippen molar-refractivity contribution in [1.82, 2.24) is 19.6 Å². The summed E-state index contributed by atoms with van der Waals surface area (Å²) in [5.74, 6) is 0. The van der Waals surface area contributed by atoms with Gasteiger partial charge in [0.15, 0.2) is 15.3 Å². The molecule has 0 aromatic rings. The number of hydrogen-bond acceptors (Lipinski definition) is 6. The second-order valence-electron chi connectivity index (χ2n) is 6.63. The fraction of sp³-hybridized carbons (Fsp3) is 0.750. The summed E-state index contributed by atoms with van der Waals surface area (Å²) in [4.78, 5) is 40.1. The molecule has 0 bridgehead atoms. The van der Waals surface area contributed by atoms with E-state index in [1.807, 2.05) is 19.0 Å². The molecule has 0 spiro atoms. The van der Waals surface area contributed by atoms with Crippen molar-refractivity contribution in [3.63, 3.8) is 0 Å². The number of rotatable bonds is 2. The van der Waals surface area contributed by atoms with E-state index in [0.29, 0.717) is 23.6 Å². The predicted molar refractivity (Wildman–Crippen MR) is 113 cm³/mol. The molecule has 0 aromatic carbocycles. The van der Waals surface area contributed by atoms with Crippen LogP contribution >= 0.6 is 35.7 Å². The van der Waals surface area contributed by atoms with Crippen molar-refractivity contribution in [2.75, 3.05) is 54.4 Å². The number of carbonyl (C=O) groups is 3. The average molecular weight is 421 g/mol. The average Bonchev–Trinajstić information content (AvgIpc) is 2.44. The van der Waals surface area contributed by atoms with Gasteiger partial charge in [-0.05, 0) is 12.2 Å². The van der Waals surface area contributed by atoms with Crippen LogP contribution in [0.5, 0.6) is 0 Å². The van der Waals surface area contributed by atoms with Gasteiger partial charge >= 0.3 is 6.03 Å². The minimum atomic E-state index is 0.0282. The Balaban J connectivity index is 0.000000260. The van der Waals surface area contributed by atoms with E-state index < -0.39 is 0 Å². The zero-order valence-electron chi connectivity index (χ0n) is 16.2. The van der Waals surface area contributed by atoms with E-state index >= 15 is 0 Å². The number of carbonyl (C=O) groups excluding carboxylic acids is 3. The topological polar surface area (TPSA) is 64.2 Å². The molecule has 2 rings (SSSR count). The van der Waals surface area contributed by atoms with Crippen molar-refractivity contribution in [2.45, 2.75) is 24.3 Å². The van der Waals surface area contributed by atoms with Crippen LogP contribution in [0.15, 0.2) is 0 Å². The fourth-order valence-electron chi connectivity index (χ4n) is 2.37. The van der Waals surface area contributed by atoms with Crippen LogP contribution in [0.2, 0.25) is 0 Å². The molecule has 0 aromatic heterocycles. The highest BCUT2D eigenvalue weighted by molar-refractivity contribution is 8.14. The number of likely N-dealkylation sites (tertiary alicyclic amines) is 2. The Kier molecular flexibility index (Phi) is 9.18. The molecular formula is C16H28N4O3S3. The van der Waals surface area contributed by atoms with E-state index in [-0.39, 0.29) is 16.3 Å². The molecular weight excluding hydrogens is 392 g/mol. The number of amides is 2. The van der Waals surface area contributed by atoms with Crippen LogP contribution in [0.1, 0.15) is 13.8 Å². The van der Waals surface area contributed by atoms with E-state index in [2.05, 4.69) is 4.90 Å². The van der Waals surface area contributed by atoms with Crippen LogP contribution in [0.4, 0.5) is 4.79 Å². The quantitative estimate of drug-likeness (QED) is 0.622. The Labute approximate surface area is 169 Å². The molecule has 2 aliphatic heterocycles. The third-order valence-electron chi connectivity index (χ3n) is 3.67. The van der Waals surface area contributed by atoms with Crippen molar-refractivity contribution in [3.05, 3.63) is 0 Å². The summed E-state index contributed by atoms with van der Waals surface area (Å²) in [5, 5.41) is 1.93. The maximum absolute atomic E-state index is 11.3. The monoisotopic (exact) mass is 420 g/mol. The van der Waals surface area contributed by atoms with Gasteiger partial charge in [0.25, 0.3) is 0 Å². The highest BCUT2D eigenvalue weighted by Gasteiger charge is 2.32. The van der Waals surface area contributed by atoms with Gasteiger partial charge in [0.2, 0.25) is 0 Å². The van der Waals surface area contributed by atoms with E-state index in [9.17, 15) is 14.4 Å². The van der Waals surface area contributed by atoms with Gasteiger partial charge in [-0.2, -0.15) is 0 Å². The summed E-state index contributed by atoms with van der Waals surface area (Å²) < 4.78 is 0. The number of hydrogen-bond donors (Lipinski definition) is 0. The van der Waals surface area contributed by atoms with Crippen molar-refractivity contribution in [2.24, 2.45) is 0 Å². The predicted octanol–water partition coefficient (Wildman–Crippen LogP) is 1.43. The zero-order valence-corrected chi connectivity index (χ0v) is 18.7. The van der Waals surface area contributed by atoms with Gasteiger partial charge in [0, 0.05) is 78.7 Å². The van der Waals surface area contributed by atoms with E-state index in [4.69, 9.17) is 12.2 Å². The Bertz CT molecular complexity index is 497. The Morgan fingerprint density at radius 3 is 1.50 bits per heavy atom. The van der Waals surface area contributed by atoms with Crippen LogP contribution < -0.4 is 0 Å². The summed E-state index contributed by atoms with van der Waals surface area (Å²) in [5.41, 5.74) is 0. The van der Waals surface area contributed by atoms with Gasteiger partial charge in [-0.25, -0.2) is 4.79 Å². The second-order valence-corrected chi connectivity index (χ2v) is 9.95. The Morgan fingerprint density at radius 1 is 0.808 bits per heavy atom. The maximum atomic E-state index is 11.3. The van der Waals surface area contributed by atoms with Crippen LogP contribution in [0.25, 0.3) is 0 Å². The van der Waals surface area contributed by atoms with E-state index in [1.165, 1.54) is 23.5 Å². The Hall–Kier alpha value is -1.00. The molecule has 2 fully saturated rings. The van der Waals surface area contributed by atoms with Gasteiger partial charge < -0.3 is 19.6 Å². The fourth-order valence-corrected chi connectivity index (χ4v) is 4.48. The van der Waals surface area contributed by atoms with Crippen LogP contribution in [-0.2, 0) is 9.59 Å². The second kappa shape index (κ2) is 10.4. The summed E-state index contributed by atoms with van der Waals surface area (Å²) >= 11 is 7.91. The van der Waals surface area contributed by atoms with Gasteiger partial charge in [-0.1, -0.05) is 23.5 Å². The molecule has 26 heavy (non-hydrogen) atoms. The number of nitrogens with zero attached hydrogens (tertiary/aromatic N) is 4. The van der Waals surface area contributed by atoms with Crippen molar-refractivity contribution < 1.29 is 14.4 Å². The SMILES string of the molecule is CC(=O)SC1CN(C(=O)N(C)C)C1.CC(=O)SC1CN(C(=S)N(C)C)C1. The highest BCUT2D eigenvalue weighted by Crippen LogP contribution is 2.24. The molecule has 0 unspecified atom stereocenters. The lowest BCUT2D eigenvalue weighted by Gasteiger charge is -2.41. The lowest BCUT2D eigenvalue weighted by atomic mass is 10.2. The van der Waals surface area contributed by atoms with Gasteiger partial charge in [-0.3, -0.25) is 9.59 Å². The highest BCUT2D eigenvalue weighted by atomic mass is 32.2. The molecule has 0 N–H and O–H groups in total. The summed E-state index contributed by atoms with van der Waals surface area (Å²) in [6, 6.07) is 0.0282. The van der Waals surface area contributed by atoms with Crippen LogP contribution in [0, 0.1) is 0 Å². The molecule has 10 heteroatoms. The zero-order chi connectivity index (χ0) is 20.0. The van der Waals surface area contributed by atoms with Gasteiger partial charge in [0.1, 0.15) is 0 Å². The normalized spacial score (nSPS) is 16.7. The number of urea groups is 1. The molecule has 2 aliphatic rings. The Morgan fingerprint density at radius 2 is 1.19 bits per heavy atom. The molecule has 148 valence electrons. The molecule has 0 radical (unpaired) electrons. The molecule has 2 heterocycles. The standard InChI is InChI=1S/C8H14N2O2S.C8H14N2OS2/c2*1-6(11)13-7-4-10(5-7)8(12)9(2)3/h2*7H,4-5H2,1-3H3. The molecule has 0 atom stereocenters. The maximum Gasteiger partial charge on any atom is 0.319 e. The van der Waals surface area contributed by atoms with E-state index in [0.717, 1.165) is 18.2 Å². The molecule has 2 saturated heterocycles. The number of thioether (sulfide) groups is 2. The van der Waals surface area contributed by atoms with Crippen molar-refractivity contribution in [1.29, 1.82) is 0 Å². The lowest BCUT2D eigenvalue weighted by molar-refractivity contribution is -0.110. The summed E-state index contributed by atoms with van der Waals surface area (Å²) in [6.45, 7) is 6.36. The van der Waals surface area contributed by atoms with Crippen LogP contribution in [-0.4, -0.2) is 106 Å². The largest absolute Gasteiger partial charge is 0.355 e. The summed E-state index contributed by atoms with van der Waals surface area (Å²) in [7, 11) is 7.34. The minimum absolute atomic E-state index is 0.0282. The first-order valence-electron chi connectivity index (χ1n) is 8.28. The molecule has 2 amide bonds.